The van der Waals surface area contributed by atoms with E-state index in [9.17, 15) is 9.59 Å². The molecule has 0 unspecified atom stereocenters. The SMILES string of the molecule is Cc1ccc(C(=O)OCC(=O)Nc2cc(-c3ccc(Cl)cc3)nn2C)s1. The maximum Gasteiger partial charge on any atom is 0.348 e. The van der Waals surface area contributed by atoms with Crippen LogP contribution >= 0.6 is 22.9 Å². The number of halogens is 1. The maximum absolute atomic E-state index is 12.1. The van der Waals surface area contributed by atoms with Gasteiger partial charge in [-0.1, -0.05) is 23.7 Å². The van der Waals surface area contributed by atoms with Gasteiger partial charge < -0.3 is 10.1 Å². The predicted molar refractivity (Wildman–Crippen MR) is 102 cm³/mol. The number of hydrogen-bond acceptors (Lipinski definition) is 5. The molecule has 0 aliphatic carbocycles. The van der Waals surface area contributed by atoms with Crippen molar-refractivity contribution in [3.8, 4) is 11.3 Å². The summed E-state index contributed by atoms with van der Waals surface area (Å²) in [5.41, 5.74) is 1.58. The number of aromatic nitrogens is 2. The molecule has 0 atom stereocenters. The Bertz CT molecular complexity index is 947. The highest BCUT2D eigenvalue weighted by molar-refractivity contribution is 7.13. The molecule has 1 amide bonds. The highest BCUT2D eigenvalue weighted by atomic mass is 35.5. The molecule has 26 heavy (non-hydrogen) atoms. The van der Waals surface area contributed by atoms with Crippen LogP contribution in [0.2, 0.25) is 5.02 Å². The molecule has 0 spiro atoms. The van der Waals surface area contributed by atoms with Crippen LogP contribution in [-0.4, -0.2) is 28.3 Å². The summed E-state index contributed by atoms with van der Waals surface area (Å²) >= 11 is 7.21. The van der Waals surface area contributed by atoms with Crippen LogP contribution in [0.4, 0.5) is 5.82 Å². The fraction of sp³-hybridized carbons (Fsp3) is 0.167. The number of anilines is 1. The number of benzene rings is 1. The van der Waals surface area contributed by atoms with Crippen molar-refractivity contribution >= 4 is 40.6 Å². The molecule has 0 fully saturated rings. The van der Waals surface area contributed by atoms with Crippen LogP contribution in [0, 0.1) is 6.92 Å². The van der Waals surface area contributed by atoms with Crippen molar-refractivity contribution in [1.29, 1.82) is 0 Å². The Hall–Kier alpha value is -2.64. The van der Waals surface area contributed by atoms with Gasteiger partial charge in [-0.05, 0) is 31.2 Å². The first kappa shape index (κ1) is 18.2. The Morgan fingerprint density at radius 2 is 1.96 bits per heavy atom. The van der Waals surface area contributed by atoms with Gasteiger partial charge in [0.2, 0.25) is 0 Å². The van der Waals surface area contributed by atoms with E-state index in [1.54, 1.807) is 36.0 Å². The zero-order valence-electron chi connectivity index (χ0n) is 14.2. The lowest BCUT2D eigenvalue weighted by Gasteiger charge is -2.05. The average Bonchev–Trinajstić information content (AvgIpc) is 3.20. The Morgan fingerprint density at radius 3 is 2.62 bits per heavy atom. The number of aryl methyl sites for hydroxylation is 2. The number of carbonyl (C=O) groups excluding carboxylic acids is 2. The number of thiophene rings is 1. The Labute approximate surface area is 159 Å². The quantitative estimate of drug-likeness (QED) is 0.671. The van der Waals surface area contributed by atoms with E-state index in [0.717, 1.165) is 10.4 Å². The van der Waals surface area contributed by atoms with Crippen LogP contribution in [0.15, 0.2) is 42.5 Å². The molecule has 2 aromatic heterocycles. The normalized spacial score (nSPS) is 10.6. The molecule has 134 valence electrons. The highest BCUT2D eigenvalue weighted by Gasteiger charge is 2.14. The molecule has 0 radical (unpaired) electrons. The molecule has 0 aliphatic rings. The number of esters is 1. The first-order chi connectivity index (χ1) is 12.4. The van der Waals surface area contributed by atoms with E-state index in [1.807, 2.05) is 25.1 Å². The second-order valence-corrected chi connectivity index (χ2v) is 7.30. The number of nitrogens with zero attached hydrogens (tertiary/aromatic N) is 2. The van der Waals surface area contributed by atoms with E-state index in [1.165, 1.54) is 11.3 Å². The fourth-order valence-corrected chi connectivity index (χ4v) is 3.16. The molecule has 3 rings (SSSR count). The van der Waals surface area contributed by atoms with E-state index >= 15 is 0 Å². The second kappa shape index (κ2) is 7.72. The molecule has 0 saturated carbocycles. The van der Waals surface area contributed by atoms with Crippen molar-refractivity contribution in [2.75, 3.05) is 11.9 Å². The van der Waals surface area contributed by atoms with Gasteiger partial charge in [0.05, 0.1) is 5.69 Å². The molecular weight excluding hydrogens is 374 g/mol. The number of amides is 1. The van der Waals surface area contributed by atoms with E-state index in [4.69, 9.17) is 16.3 Å². The molecule has 6 nitrogen and oxygen atoms in total. The second-order valence-electron chi connectivity index (χ2n) is 5.58. The predicted octanol–water partition coefficient (Wildman–Crippen LogP) is 3.91. The fourth-order valence-electron chi connectivity index (χ4n) is 2.27. The summed E-state index contributed by atoms with van der Waals surface area (Å²) in [4.78, 5) is 25.4. The van der Waals surface area contributed by atoms with Crippen LogP contribution in [0.25, 0.3) is 11.3 Å². The third kappa shape index (κ3) is 4.30. The third-order valence-corrected chi connectivity index (χ3v) is 4.80. The highest BCUT2D eigenvalue weighted by Crippen LogP contribution is 2.23. The third-order valence-electron chi connectivity index (χ3n) is 3.56. The van der Waals surface area contributed by atoms with Gasteiger partial charge in [-0.15, -0.1) is 11.3 Å². The van der Waals surface area contributed by atoms with Crippen LogP contribution in [-0.2, 0) is 16.6 Å². The monoisotopic (exact) mass is 389 g/mol. The summed E-state index contributed by atoms with van der Waals surface area (Å²) in [7, 11) is 1.72. The Kier molecular flexibility index (Phi) is 5.39. The van der Waals surface area contributed by atoms with Crippen LogP contribution in [0.3, 0.4) is 0 Å². The Balaban J connectivity index is 1.60. The van der Waals surface area contributed by atoms with Crippen molar-refractivity contribution in [3.05, 3.63) is 57.2 Å². The summed E-state index contributed by atoms with van der Waals surface area (Å²) < 4.78 is 6.58. The zero-order chi connectivity index (χ0) is 18.7. The van der Waals surface area contributed by atoms with Gasteiger partial charge in [-0.2, -0.15) is 5.10 Å². The van der Waals surface area contributed by atoms with Gasteiger partial charge in [0, 0.05) is 28.6 Å². The summed E-state index contributed by atoms with van der Waals surface area (Å²) in [5.74, 6) is -0.439. The molecule has 0 bridgehead atoms. The number of ether oxygens (including phenoxy) is 1. The molecule has 2 heterocycles. The van der Waals surface area contributed by atoms with E-state index in [0.29, 0.717) is 21.4 Å². The first-order valence-electron chi connectivity index (χ1n) is 7.76. The molecule has 3 aromatic rings. The first-order valence-corrected chi connectivity index (χ1v) is 8.95. The summed E-state index contributed by atoms with van der Waals surface area (Å²) in [6.07, 6.45) is 0. The van der Waals surface area contributed by atoms with Crippen molar-refractivity contribution in [1.82, 2.24) is 9.78 Å². The number of nitrogens with one attached hydrogen (secondary N) is 1. The Morgan fingerprint density at radius 1 is 1.23 bits per heavy atom. The molecule has 1 N–H and O–H groups in total. The molecule has 1 aromatic carbocycles. The zero-order valence-corrected chi connectivity index (χ0v) is 15.7. The minimum absolute atomic E-state index is 0.364. The van der Waals surface area contributed by atoms with Crippen LogP contribution < -0.4 is 5.32 Å². The summed E-state index contributed by atoms with van der Waals surface area (Å²) in [6.45, 7) is 1.53. The van der Waals surface area contributed by atoms with Gasteiger partial charge in [-0.3, -0.25) is 9.48 Å². The number of hydrogen-bond donors (Lipinski definition) is 1. The van der Waals surface area contributed by atoms with Gasteiger partial charge in [0.15, 0.2) is 6.61 Å². The van der Waals surface area contributed by atoms with Gasteiger partial charge in [0.25, 0.3) is 5.91 Å². The minimum atomic E-state index is -0.509. The number of rotatable bonds is 5. The lowest BCUT2D eigenvalue weighted by atomic mass is 10.1. The van der Waals surface area contributed by atoms with Gasteiger partial charge >= 0.3 is 5.97 Å². The topological polar surface area (TPSA) is 73.2 Å². The van der Waals surface area contributed by atoms with Crippen molar-refractivity contribution in [2.24, 2.45) is 7.05 Å². The van der Waals surface area contributed by atoms with Crippen molar-refractivity contribution < 1.29 is 14.3 Å². The van der Waals surface area contributed by atoms with E-state index in [-0.39, 0.29) is 6.61 Å². The smallest absolute Gasteiger partial charge is 0.348 e. The molecular formula is C18H16ClN3O3S. The summed E-state index contributed by atoms with van der Waals surface area (Å²) in [6, 6.07) is 12.5. The van der Waals surface area contributed by atoms with Crippen molar-refractivity contribution in [3.63, 3.8) is 0 Å². The lowest BCUT2D eigenvalue weighted by Crippen LogP contribution is -2.21. The van der Waals surface area contributed by atoms with E-state index in [2.05, 4.69) is 10.4 Å². The molecule has 8 heteroatoms. The van der Waals surface area contributed by atoms with Gasteiger partial charge in [0.1, 0.15) is 10.7 Å². The standard InChI is InChI=1S/C18H16ClN3O3S/c1-11-3-8-15(26-11)18(24)25-10-17(23)20-16-9-14(21-22(16)2)12-4-6-13(19)7-5-12/h3-9H,10H2,1-2H3,(H,20,23). The average molecular weight is 390 g/mol. The van der Waals surface area contributed by atoms with Gasteiger partial charge in [-0.25, -0.2) is 4.79 Å². The molecule has 0 aliphatic heterocycles. The van der Waals surface area contributed by atoms with E-state index < -0.39 is 11.9 Å². The largest absolute Gasteiger partial charge is 0.451 e. The van der Waals surface area contributed by atoms with Crippen LogP contribution in [0.1, 0.15) is 14.5 Å². The number of carbonyl (C=O) groups is 2. The van der Waals surface area contributed by atoms with Crippen molar-refractivity contribution in [2.45, 2.75) is 6.92 Å². The molecule has 0 saturated heterocycles. The maximum atomic E-state index is 12.1. The van der Waals surface area contributed by atoms with Crippen LogP contribution in [0.5, 0.6) is 0 Å². The minimum Gasteiger partial charge on any atom is -0.451 e. The lowest BCUT2D eigenvalue weighted by molar-refractivity contribution is -0.119. The summed E-state index contributed by atoms with van der Waals surface area (Å²) in [5, 5.41) is 7.69.